The lowest BCUT2D eigenvalue weighted by molar-refractivity contribution is -0.127. The van der Waals surface area contributed by atoms with Crippen LogP contribution >= 0.6 is 11.6 Å². The molecule has 2 aromatic rings. The highest BCUT2D eigenvalue weighted by Gasteiger charge is 2.43. The maximum atomic E-state index is 13.3. The van der Waals surface area contributed by atoms with Crippen LogP contribution < -0.4 is 10.1 Å². The van der Waals surface area contributed by atoms with Crippen molar-refractivity contribution < 1.29 is 9.53 Å². The van der Waals surface area contributed by atoms with Gasteiger partial charge in [-0.15, -0.1) is 0 Å². The summed E-state index contributed by atoms with van der Waals surface area (Å²) in [5, 5.41) is 4.07. The van der Waals surface area contributed by atoms with Crippen LogP contribution in [0.1, 0.15) is 56.9 Å². The molecule has 1 aromatic heterocycles. The third kappa shape index (κ3) is 4.17. The summed E-state index contributed by atoms with van der Waals surface area (Å²) in [4.78, 5) is 17.5. The maximum absolute atomic E-state index is 13.3. The van der Waals surface area contributed by atoms with Crippen LogP contribution in [-0.4, -0.2) is 23.0 Å². The first-order chi connectivity index (χ1) is 13.7. The van der Waals surface area contributed by atoms with Crippen LogP contribution in [0.4, 0.5) is 0 Å². The number of rotatable bonds is 5. The highest BCUT2D eigenvalue weighted by atomic mass is 35.5. The minimum Gasteiger partial charge on any atom is -0.474 e. The fraction of sp³-hybridized carbons (Fsp3) is 0.478. The van der Waals surface area contributed by atoms with E-state index in [-0.39, 0.29) is 18.1 Å². The van der Waals surface area contributed by atoms with Crippen LogP contribution in [0.5, 0.6) is 5.88 Å². The van der Waals surface area contributed by atoms with E-state index >= 15 is 0 Å². The van der Waals surface area contributed by atoms with Crippen molar-refractivity contribution in [2.24, 2.45) is 0 Å². The second kappa shape index (κ2) is 8.52. The van der Waals surface area contributed by atoms with E-state index in [0.717, 1.165) is 56.9 Å². The normalized spacial score (nSPS) is 23.9. The Bertz CT molecular complexity index is 780. The zero-order valence-corrected chi connectivity index (χ0v) is 16.8. The smallest absolute Gasteiger partial charge is 0.230 e. The Morgan fingerprint density at radius 2 is 1.75 bits per heavy atom. The molecule has 0 spiro atoms. The third-order valence-corrected chi connectivity index (χ3v) is 6.48. The van der Waals surface area contributed by atoms with Gasteiger partial charge in [0.1, 0.15) is 6.10 Å². The molecule has 2 saturated carbocycles. The minimum absolute atomic E-state index is 0.180. The van der Waals surface area contributed by atoms with Gasteiger partial charge in [0, 0.05) is 23.3 Å². The van der Waals surface area contributed by atoms with Crippen LogP contribution in [-0.2, 0) is 10.2 Å². The Balaban J connectivity index is 1.36. The number of carbonyl (C=O) groups excluding carboxylic acids is 1. The fourth-order valence-corrected chi connectivity index (χ4v) is 4.76. The van der Waals surface area contributed by atoms with Crippen LogP contribution in [0, 0.1) is 0 Å². The lowest BCUT2D eigenvalue weighted by Crippen LogP contribution is -2.48. The molecule has 1 heterocycles. The number of hydrogen-bond acceptors (Lipinski definition) is 3. The molecule has 4 nitrogen and oxygen atoms in total. The first kappa shape index (κ1) is 19.3. The van der Waals surface area contributed by atoms with Crippen LogP contribution in [0.3, 0.4) is 0 Å². The van der Waals surface area contributed by atoms with Gasteiger partial charge in [0.15, 0.2) is 0 Å². The largest absolute Gasteiger partial charge is 0.474 e. The van der Waals surface area contributed by atoms with Crippen LogP contribution in [0.25, 0.3) is 0 Å². The topological polar surface area (TPSA) is 51.2 Å². The Morgan fingerprint density at radius 1 is 1.04 bits per heavy atom. The summed E-state index contributed by atoms with van der Waals surface area (Å²) in [6.07, 6.45) is 9.72. The van der Waals surface area contributed by atoms with Crippen molar-refractivity contribution in [1.29, 1.82) is 0 Å². The number of aromatic nitrogens is 1. The van der Waals surface area contributed by atoms with E-state index in [4.69, 9.17) is 16.3 Å². The standard InChI is InChI=1S/C23H27ClN2O2/c24-18-8-6-17(7-9-18)23(14-2-3-15-23)22(27)26-19-10-12-20(13-11-19)28-21-5-1-4-16-25-21/h1,4-9,16,19-20H,2-3,10-15H2,(H,26,27). The molecular weight excluding hydrogens is 372 g/mol. The second-order valence-electron chi connectivity index (χ2n) is 8.03. The summed E-state index contributed by atoms with van der Waals surface area (Å²) in [7, 11) is 0. The first-order valence-electron chi connectivity index (χ1n) is 10.3. The molecule has 28 heavy (non-hydrogen) atoms. The van der Waals surface area contributed by atoms with Crippen LogP contribution in [0.15, 0.2) is 48.7 Å². The quantitative estimate of drug-likeness (QED) is 0.766. The van der Waals surface area contributed by atoms with Gasteiger partial charge in [0.05, 0.1) is 5.41 Å². The number of nitrogens with one attached hydrogen (secondary N) is 1. The number of benzene rings is 1. The molecule has 0 aliphatic heterocycles. The van der Waals surface area contributed by atoms with Gasteiger partial charge in [-0.1, -0.05) is 42.6 Å². The number of carbonyl (C=O) groups is 1. The van der Waals surface area contributed by atoms with Gasteiger partial charge in [-0.3, -0.25) is 4.79 Å². The average molecular weight is 399 g/mol. The van der Waals surface area contributed by atoms with E-state index in [1.54, 1.807) is 6.20 Å². The lowest BCUT2D eigenvalue weighted by Gasteiger charge is -2.34. The Kier molecular flexibility index (Phi) is 5.86. The average Bonchev–Trinajstić information content (AvgIpc) is 3.22. The molecule has 5 heteroatoms. The zero-order chi connectivity index (χ0) is 19.4. The van der Waals surface area contributed by atoms with Gasteiger partial charge < -0.3 is 10.1 Å². The molecule has 2 fully saturated rings. The van der Waals surface area contributed by atoms with E-state index in [0.29, 0.717) is 10.9 Å². The van der Waals surface area contributed by atoms with E-state index in [1.165, 1.54) is 0 Å². The van der Waals surface area contributed by atoms with Gasteiger partial charge in [0.2, 0.25) is 11.8 Å². The summed E-state index contributed by atoms with van der Waals surface area (Å²) in [6, 6.07) is 13.8. The fourth-order valence-electron chi connectivity index (χ4n) is 4.63. The molecule has 0 bridgehead atoms. The van der Waals surface area contributed by atoms with Gasteiger partial charge in [-0.05, 0) is 62.3 Å². The molecule has 4 rings (SSSR count). The first-order valence-corrected chi connectivity index (χ1v) is 10.7. The molecule has 2 aliphatic carbocycles. The summed E-state index contributed by atoms with van der Waals surface area (Å²) >= 11 is 6.05. The molecule has 1 N–H and O–H groups in total. The number of halogens is 1. The molecule has 1 amide bonds. The zero-order valence-electron chi connectivity index (χ0n) is 16.1. The van der Waals surface area contributed by atoms with Crippen molar-refractivity contribution in [1.82, 2.24) is 10.3 Å². The van der Waals surface area contributed by atoms with Gasteiger partial charge in [-0.25, -0.2) is 4.98 Å². The highest BCUT2D eigenvalue weighted by molar-refractivity contribution is 6.30. The summed E-state index contributed by atoms with van der Waals surface area (Å²) < 4.78 is 5.97. The van der Waals surface area contributed by atoms with E-state index < -0.39 is 5.41 Å². The third-order valence-electron chi connectivity index (χ3n) is 6.22. The van der Waals surface area contributed by atoms with Gasteiger partial charge >= 0.3 is 0 Å². The number of nitrogens with zero attached hydrogens (tertiary/aromatic N) is 1. The molecular formula is C23H27ClN2O2. The second-order valence-corrected chi connectivity index (χ2v) is 8.47. The Labute approximate surface area is 171 Å². The van der Waals surface area contributed by atoms with Crippen molar-refractivity contribution >= 4 is 17.5 Å². The highest BCUT2D eigenvalue weighted by Crippen LogP contribution is 2.42. The molecule has 1 aromatic carbocycles. The molecule has 0 unspecified atom stereocenters. The summed E-state index contributed by atoms with van der Waals surface area (Å²) in [6.45, 7) is 0. The van der Waals surface area contributed by atoms with Gasteiger partial charge in [-0.2, -0.15) is 0 Å². The molecule has 148 valence electrons. The number of amides is 1. The van der Waals surface area contributed by atoms with E-state index in [2.05, 4.69) is 10.3 Å². The van der Waals surface area contributed by atoms with Crippen molar-refractivity contribution in [3.8, 4) is 5.88 Å². The molecule has 0 atom stereocenters. The summed E-state index contributed by atoms with van der Waals surface area (Å²) in [5.41, 5.74) is 0.699. The van der Waals surface area contributed by atoms with E-state index in [1.807, 2.05) is 42.5 Å². The van der Waals surface area contributed by atoms with Crippen molar-refractivity contribution in [3.05, 3.63) is 59.2 Å². The SMILES string of the molecule is O=C(NC1CCC(Oc2ccccn2)CC1)C1(c2ccc(Cl)cc2)CCCC1. The Morgan fingerprint density at radius 3 is 2.39 bits per heavy atom. The predicted octanol–water partition coefficient (Wildman–Crippen LogP) is 5.05. The molecule has 0 saturated heterocycles. The minimum atomic E-state index is -0.397. The molecule has 0 radical (unpaired) electrons. The number of ether oxygens (including phenoxy) is 1. The summed E-state index contributed by atoms with van der Waals surface area (Å²) in [5.74, 6) is 0.865. The van der Waals surface area contributed by atoms with Crippen molar-refractivity contribution in [2.45, 2.75) is 68.9 Å². The van der Waals surface area contributed by atoms with Crippen molar-refractivity contribution in [2.75, 3.05) is 0 Å². The number of hydrogen-bond donors (Lipinski definition) is 1. The Hall–Kier alpha value is -2.07. The monoisotopic (exact) mass is 398 g/mol. The van der Waals surface area contributed by atoms with Gasteiger partial charge in [0.25, 0.3) is 0 Å². The predicted molar refractivity (Wildman–Crippen MR) is 111 cm³/mol. The lowest BCUT2D eigenvalue weighted by atomic mass is 9.77. The van der Waals surface area contributed by atoms with Crippen LogP contribution in [0.2, 0.25) is 5.02 Å². The van der Waals surface area contributed by atoms with E-state index in [9.17, 15) is 4.79 Å². The van der Waals surface area contributed by atoms with Crippen molar-refractivity contribution in [3.63, 3.8) is 0 Å². The number of pyridine rings is 1. The maximum Gasteiger partial charge on any atom is 0.230 e. The molecule has 2 aliphatic rings.